The molecule has 1 N–H and O–H groups in total. The molecule has 5 nitrogen and oxygen atoms in total. The molecule has 0 aromatic heterocycles. The number of imide groups is 1. The van der Waals surface area contributed by atoms with Crippen LogP contribution in [0.15, 0.2) is 82.2 Å². The molecule has 0 saturated heterocycles. The predicted molar refractivity (Wildman–Crippen MR) is 130 cm³/mol. The van der Waals surface area contributed by atoms with Gasteiger partial charge in [0.25, 0.3) is 11.8 Å². The summed E-state index contributed by atoms with van der Waals surface area (Å²) < 4.78 is 5.18. The molecule has 1 aliphatic heterocycles. The first kappa shape index (κ1) is 22.6. The largest absolute Gasteiger partial charge is 0.497 e. The summed E-state index contributed by atoms with van der Waals surface area (Å²) in [6.07, 6.45) is 0. The number of thioether (sulfide) groups is 1. The van der Waals surface area contributed by atoms with Crippen LogP contribution < -0.4 is 15.0 Å². The first-order valence-electron chi connectivity index (χ1n) is 9.30. The second kappa shape index (κ2) is 9.46. The topological polar surface area (TPSA) is 58.6 Å². The van der Waals surface area contributed by atoms with Gasteiger partial charge in [0.1, 0.15) is 16.4 Å². The van der Waals surface area contributed by atoms with E-state index in [1.165, 1.54) is 0 Å². The Bertz CT molecular complexity index is 1230. The molecule has 0 fully saturated rings. The third-order valence-corrected chi connectivity index (χ3v) is 6.76. The molecule has 0 unspecified atom stereocenters. The number of methoxy groups -OCH3 is 1. The number of nitrogens with one attached hydrogen (secondary N) is 1. The lowest BCUT2D eigenvalue weighted by Gasteiger charge is -2.17. The Kier molecular flexibility index (Phi) is 6.67. The van der Waals surface area contributed by atoms with Crippen molar-refractivity contribution in [2.45, 2.75) is 4.90 Å². The van der Waals surface area contributed by atoms with E-state index >= 15 is 0 Å². The second-order valence-corrected chi connectivity index (χ2v) is 8.94. The lowest BCUT2D eigenvalue weighted by atomic mass is 10.2. The monoisotopic (exact) mass is 504 g/mol. The van der Waals surface area contributed by atoms with Gasteiger partial charge in [-0.3, -0.25) is 9.59 Å². The Morgan fingerprint density at radius 2 is 1.56 bits per heavy atom. The number of carbonyl (C=O) groups is 2. The van der Waals surface area contributed by atoms with Crippen LogP contribution in [-0.2, 0) is 9.59 Å². The van der Waals surface area contributed by atoms with Gasteiger partial charge in [-0.15, -0.1) is 0 Å². The van der Waals surface area contributed by atoms with E-state index in [2.05, 4.69) is 5.32 Å². The summed E-state index contributed by atoms with van der Waals surface area (Å²) in [5.74, 6) is -0.372. The zero-order chi connectivity index (χ0) is 22.8. The Hall–Kier alpha value is -2.64. The molecule has 0 bridgehead atoms. The Labute approximate surface area is 203 Å². The first-order chi connectivity index (χ1) is 15.4. The summed E-state index contributed by atoms with van der Waals surface area (Å²) in [5, 5.41) is 4.01. The number of carbonyl (C=O) groups excluding carboxylic acids is 2. The molecule has 0 saturated carbocycles. The fraction of sp³-hybridized carbons (Fsp3) is 0.0435. The summed E-state index contributed by atoms with van der Waals surface area (Å²) in [4.78, 5) is 28.8. The first-order valence-corrected chi connectivity index (χ1v) is 11.3. The van der Waals surface area contributed by atoms with E-state index in [4.69, 9.17) is 39.5 Å². The van der Waals surface area contributed by atoms with Crippen molar-refractivity contribution in [2.75, 3.05) is 17.3 Å². The highest BCUT2D eigenvalue weighted by atomic mass is 35.5. The Balaban J connectivity index is 1.75. The number of hydrogen-bond donors (Lipinski definition) is 1. The van der Waals surface area contributed by atoms with Gasteiger partial charge in [0.2, 0.25) is 0 Å². The van der Waals surface area contributed by atoms with Gasteiger partial charge in [0, 0.05) is 15.6 Å². The van der Waals surface area contributed by atoms with Gasteiger partial charge in [0.05, 0.1) is 22.8 Å². The van der Waals surface area contributed by atoms with Crippen molar-refractivity contribution < 1.29 is 14.3 Å². The van der Waals surface area contributed by atoms with Gasteiger partial charge < -0.3 is 10.1 Å². The van der Waals surface area contributed by atoms with E-state index in [1.807, 2.05) is 0 Å². The lowest BCUT2D eigenvalue weighted by molar-refractivity contribution is -0.120. The predicted octanol–water partition coefficient (Wildman–Crippen LogP) is 6.64. The van der Waals surface area contributed by atoms with Gasteiger partial charge in [-0.2, -0.15) is 0 Å². The fourth-order valence-corrected chi connectivity index (χ4v) is 4.47. The van der Waals surface area contributed by atoms with Crippen molar-refractivity contribution in [2.24, 2.45) is 0 Å². The van der Waals surface area contributed by atoms with E-state index in [1.54, 1.807) is 73.8 Å². The molecule has 32 heavy (non-hydrogen) atoms. The molecule has 2 amide bonds. The van der Waals surface area contributed by atoms with E-state index in [9.17, 15) is 9.59 Å². The van der Waals surface area contributed by atoms with Crippen molar-refractivity contribution in [3.8, 4) is 5.75 Å². The zero-order valence-corrected chi connectivity index (χ0v) is 19.6. The Morgan fingerprint density at radius 1 is 0.875 bits per heavy atom. The summed E-state index contributed by atoms with van der Waals surface area (Å²) in [6, 6.07) is 18.8. The molecule has 3 aromatic rings. The minimum absolute atomic E-state index is 0.123. The molecule has 0 atom stereocenters. The molecular weight excluding hydrogens is 491 g/mol. The third-order valence-electron chi connectivity index (χ3n) is 4.61. The molecule has 162 valence electrons. The van der Waals surface area contributed by atoms with Crippen LogP contribution >= 0.6 is 46.6 Å². The maximum absolute atomic E-state index is 13.4. The fourth-order valence-electron chi connectivity index (χ4n) is 3.04. The number of rotatable bonds is 6. The highest BCUT2D eigenvalue weighted by Crippen LogP contribution is 2.41. The van der Waals surface area contributed by atoms with Gasteiger partial charge in [0.15, 0.2) is 0 Å². The van der Waals surface area contributed by atoms with Crippen molar-refractivity contribution in [3.63, 3.8) is 0 Å². The van der Waals surface area contributed by atoms with Crippen molar-refractivity contribution in [1.82, 2.24) is 0 Å². The third kappa shape index (κ3) is 4.45. The van der Waals surface area contributed by atoms with Gasteiger partial charge in [-0.25, -0.2) is 4.90 Å². The molecule has 4 rings (SSSR count). The van der Waals surface area contributed by atoms with Crippen molar-refractivity contribution >= 4 is 69.8 Å². The molecule has 3 aromatic carbocycles. The van der Waals surface area contributed by atoms with Crippen LogP contribution in [0.25, 0.3) is 0 Å². The second-order valence-electron chi connectivity index (χ2n) is 6.63. The maximum atomic E-state index is 13.4. The maximum Gasteiger partial charge on any atom is 0.283 e. The summed E-state index contributed by atoms with van der Waals surface area (Å²) in [6.45, 7) is 0. The van der Waals surface area contributed by atoms with Crippen molar-refractivity contribution in [1.29, 1.82) is 0 Å². The Morgan fingerprint density at radius 3 is 2.22 bits per heavy atom. The lowest BCUT2D eigenvalue weighted by Crippen LogP contribution is -2.32. The van der Waals surface area contributed by atoms with Crippen LogP contribution in [0.2, 0.25) is 15.1 Å². The average molecular weight is 506 g/mol. The summed E-state index contributed by atoms with van der Waals surface area (Å²) >= 11 is 19.6. The van der Waals surface area contributed by atoms with Crippen LogP contribution in [0, 0.1) is 0 Å². The minimum atomic E-state index is -0.536. The number of nitrogens with zero attached hydrogens (tertiary/aromatic N) is 1. The average Bonchev–Trinajstić information content (AvgIpc) is 3.01. The normalized spacial score (nSPS) is 13.7. The molecule has 0 aliphatic carbocycles. The standard InChI is InChI=1S/C23H15Cl3N2O3S/c1-31-15-9-7-14(8-10-15)27-20-21(32-16-11-5-13(24)6-12-16)23(30)28(22(20)29)18-4-2-3-17(25)19(18)26/h2-12,27H,1H3. The number of amides is 2. The molecule has 1 aliphatic rings. The van der Waals surface area contributed by atoms with Crippen LogP contribution in [0.4, 0.5) is 11.4 Å². The minimum Gasteiger partial charge on any atom is -0.497 e. The van der Waals surface area contributed by atoms with E-state index < -0.39 is 11.8 Å². The van der Waals surface area contributed by atoms with Gasteiger partial charge in [-0.1, -0.05) is 52.6 Å². The van der Waals surface area contributed by atoms with Crippen LogP contribution in [-0.4, -0.2) is 18.9 Å². The summed E-state index contributed by atoms with van der Waals surface area (Å²) in [5.41, 5.74) is 0.973. The highest BCUT2D eigenvalue weighted by Gasteiger charge is 2.41. The van der Waals surface area contributed by atoms with Crippen molar-refractivity contribution in [3.05, 3.63) is 92.4 Å². The number of benzene rings is 3. The van der Waals surface area contributed by atoms with E-state index in [-0.39, 0.29) is 26.3 Å². The van der Waals surface area contributed by atoms with Crippen LogP contribution in [0.3, 0.4) is 0 Å². The van der Waals surface area contributed by atoms with Crippen LogP contribution in [0.5, 0.6) is 5.75 Å². The highest BCUT2D eigenvalue weighted by molar-refractivity contribution is 8.04. The molecule has 0 radical (unpaired) electrons. The van der Waals surface area contributed by atoms with Gasteiger partial charge >= 0.3 is 0 Å². The quantitative estimate of drug-likeness (QED) is 0.380. The number of hydrogen-bond acceptors (Lipinski definition) is 5. The molecule has 0 spiro atoms. The van der Waals surface area contributed by atoms with Gasteiger partial charge in [-0.05, 0) is 60.7 Å². The summed E-state index contributed by atoms with van der Waals surface area (Å²) in [7, 11) is 1.57. The number of anilines is 2. The SMILES string of the molecule is COc1ccc(NC2=C(Sc3ccc(Cl)cc3)C(=O)N(c3cccc(Cl)c3Cl)C2=O)cc1. The number of ether oxygens (including phenoxy) is 1. The smallest absolute Gasteiger partial charge is 0.283 e. The van der Waals surface area contributed by atoms with E-state index in [0.29, 0.717) is 16.5 Å². The molecule has 9 heteroatoms. The van der Waals surface area contributed by atoms with Crippen LogP contribution in [0.1, 0.15) is 0 Å². The number of halogens is 3. The van der Waals surface area contributed by atoms with E-state index in [0.717, 1.165) is 21.6 Å². The zero-order valence-electron chi connectivity index (χ0n) is 16.6. The molecule has 1 heterocycles. The molecular formula is C23H15Cl3N2O3S.